The van der Waals surface area contributed by atoms with Gasteiger partial charge in [-0.3, -0.25) is 4.68 Å². The van der Waals surface area contributed by atoms with Crippen LogP contribution in [0.1, 0.15) is 19.4 Å². The van der Waals surface area contributed by atoms with E-state index in [1.54, 1.807) is 0 Å². The van der Waals surface area contributed by atoms with Gasteiger partial charge in [0.25, 0.3) is 0 Å². The van der Waals surface area contributed by atoms with Crippen LogP contribution in [0.25, 0.3) is 0 Å². The molecule has 1 rings (SSSR count). The molecule has 0 aliphatic carbocycles. The number of hydrogen-bond donors (Lipinski definition) is 2. The molecular weight excluding hydrogens is 166 g/mol. The lowest BCUT2D eigenvalue weighted by molar-refractivity contribution is 0.251. The highest BCUT2D eigenvalue weighted by atomic mass is 16.3. The van der Waals surface area contributed by atoms with Crippen LogP contribution in [0.5, 0.6) is 0 Å². The summed E-state index contributed by atoms with van der Waals surface area (Å²) >= 11 is 0. The Morgan fingerprint density at radius 1 is 1.69 bits per heavy atom. The topological polar surface area (TPSA) is 50.1 Å². The van der Waals surface area contributed by atoms with E-state index in [0.29, 0.717) is 0 Å². The van der Waals surface area contributed by atoms with E-state index in [-0.39, 0.29) is 12.6 Å². The van der Waals surface area contributed by atoms with Gasteiger partial charge < -0.3 is 10.4 Å². The third-order valence-electron chi connectivity index (χ3n) is 1.94. The minimum absolute atomic E-state index is 0.143. The molecule has 1 aromatic rings. The van der Waals surface area contributed by atoms with E-state index in [0.717, 1.165) is 18.7 Å². The zero-order valence-corrected chi connectivity index (χ0v) is 8.20. The zero-order chi connectivity index (χ0) is 9.68. The van der Waals surface area contributed by atoms with Gasteiger partial charge in [-0.2, -0.15) is 5.10 Å². The molecule has 4 heteroatoms. The Kier molecular flexibility index (Phi) is 3.92. The molecule has 0 amide bonds. The average molecular weight is 183 g/mol. The van der Waals surface area contributed by atoms with E-state index in [1.807, 2.05) is 24.0 Å². The Balaban J connectivity index is 2.36. The summed E-state index contributed by atoms with van der Waals surface area (Å²) < 4.78 is 1.89. The van der Waals surface area contributed by atoms with Crippen molar-refractivity contribution in [2.75, 3.05) is 6.61 Å². The molecule has 0 spiro atoms. The smallest absolute Gasteiger partial charge is 0.0582 e. The summed E-state index contributed by atoms with van der Waals surface area (Å²) in [5.41, 5.74) is 1.15. The van der Waals surface area contributed by atoms with Gasteiger partial charge in [-0.25, -0.2) is 0 Å². The summed E-state index contributed by atoms with van der Waals surface area (Å²) in [6.45, 7) is 5.84. The molecule has 0 aliphatic heterocycles. The fourth-order valence-electron chi connectivity index (χ4n) is 1.03. The van der Waals surface area contributed by atoms with Crippen molar-refractivity contribution in [2.45, 2.75) is 33.0 Å². The first-order chi connectivity index (χ1) is 6.26. The Bertz CT molecular complexity index is 247. The summed E-state index contributed by atoms with van der Waals surface area (Å²) in [7, 11) is 0. The number of nitrogens with zero attached hydrogens (tertiary/aromatic N) is 2. The second-order valence-corrected chi connectivity index (χ2v) is 3.17. The second-order valence-electron chi connectivity index (χ2n) is 3.17. The maximum Gasteiger partial charge on any atom is 0.0582 e. The fraction of sp³-hybridized carbons (Fsp3) is 0.667. The van der Waals surface area contributed by atoms with E-state index in [2.05, 4.69) is 17.3 Å². The molecule has 0 fully saturated rings. The summed E-state index contributed by atoms with van der Waals surface area (Å²) in [4.78, 5) is 0. The molecule has 2 N–H and O–H groups in total. The maximum absolute atomic E-state index is 8.78. The molecule has 0 saturated heterocycles. The number of hydrogen-bond acceptors (Lipinski definition) is 3. The quantitative estimate of drug-likeness (QED) is 0.693. The first-order valence-electron chi connectivity index (χ1n) is 4.61. The Morgan fingerprint density at radius 2 is 2.46 bits per heavy atom. The van der Waals surface area contributed by atoms with Gasteiger partial charge in [0.05, 0.1) is 12.8 Å². The van der Waals surface area contributed by atoms with Crippen LogP contribution in [0.4, 0.5) is 0 Å². The van der Waals surface area contributed by atoms with Crippen molar-refractivity contribution in [2.24, 2.45) is 0 Å². The van der Waals surface area contributed by atoms with Gasteiger partial charge in [0.15, 0.2) is 0 Å². The molecule has 74 valence electrons. The Morgan fingerprint density at radius 3 is 3.00 bits per heavy atom. The average Bonchev–Trinajstić information content (AvgIpc) is 2.61. The van der Waals surface area contributed by atoms with Crippen LogP contribution >= 0.6 is 0 Å². The second kappa shape index (κ2) is 4.99. The van der Waals surface area contributed by atoms with E-state index in [9.17, 15) is 0 Å². The number of aliphatic hydroxyl groups is 1. The van der Waals surface area contributed by atoms with E-state index in [4.69, 9.17) is 5.11 Å². The molecule has 4 nitrogen and oxygen atoms in total. The SMILES string of the molecule is CCn1cc(CNC(C)CO)cn1. The highest BCUT2D eigenvalue weighted by molar-refractivity contribution is 5.03. The molecule has 1 unspecified atom stereocenters. The largest absolute Gasteiger partial charge is 0.395 e. The van der Waals surface area contributed by atoms with Crippen LogP contribution in [-0.4, -0.2) is 27.5 Å². The van der Waals surface area contributed by atoms with Crippen LogP contribution in [0.3, 0.4) is 0 Å². The normalized spacial score (nSPS) is 13.2. The molecule has 0 aromatic carbocycles. The minimum Gasteiger partial charge on any atom is -0.395 e. The van der Waals surface area contributed by atoms with Crippen molar-refractivity contribution < 1.29 is 5.11 Å². The molecule has 1 heterocycles. The van der Waals surface area contributed by atoms with Crippen LogP contribution in [0.2, 0.25) is 0 Å². The number of aryl methyl sites for hydroxylation is 1. The predicted octanol–water partition coefficient (Wildman–Crippen LogP) is 0.373. The highest BCUT2D eigenvalue weighted by Crippen LogP contribution is 1.97. The van der Waals surface area contributed by atoms with Gasteiger partial charge >= 0.3 is 0 Å². The third-order valence-corrected chi connectivity index (χ3v) is 1.94. The number of rotatable bonds is 5. The summed E-state index contributed by atoms with van der Waals surface area (Å²) in [6.07, 6.45) is 3.86. The van der Waals surface area contributed by atoms with Crippen molar-refractivity contribution in [3.05, 3.63) is 18.0 Å². The van der Waals surface area contributed by atoms with Crippen molar-refractivity contribution in [3.8, 4) is 0 Å². The van der Waals surface area contributed by atoms with Gasteiger partial charge in [0.2, 0.25) is 0 Å². The van der Waals surface area contributed by atoms with Crippen molar-refractivity contribution in [3.63, 3.8) is 0 Å². The molecule has 0 saturated carbocycles. The lowest BCUT2D eigenvalue weighted by Gasteiger charge is -2.08. The maximum atomic E-state index is 8.78. The third kappa shape index (κ3) is 3.16. The molecular formula is C9H17N3O. The zero-order valence-electron chi connectivity index (χ0n) is 8.20. The van der Waals surface area contributed by atoms with E-state index < -0.39 is 0 Å². The lowest BCUT2D eigenvalue weighted by atomic mass is 10.3. The number of aliphatic hydroxyl groups excluding tert-OH is 1. The number of nitrogens with one attached hydrogen (secondary N) is 1. The van der Waals surface area contributed by atoms with Crippen molar-refractivity contribution in [1.29, 1.82) is 0 Å². The Labute approximate surface area is 78.6 Å². The first-order valence-corrected chi connectivity index (χ1v) is 4.61. The molecule has 13 heavy (non-hydrogen) atoms. The summed E-state index contributed by atoms with van der Waals surface area (Å²) in [5.74, 6) is 0. The molecule has 1 aromatic heterocycles. The van der Waals surface area contributed by atoms with Crippen molar-refractivity contribution >= 4 is 0 Å². The summed E-state index contributed by atoms with van der Waals surface area (Å²) in [6, 6.07) is 0.143. The van der Waals surface area contributed by atoms with Gasteiger partial charge in [0, 0.05) is 30.9 Å². The first kappa shape index (κ1) is 10.2. The molecule has 1 atom stereocenters. The lowest BCUT2D eigenvalue weighted by Crippen LogP contribution is -2.28. The van der Waals surface area contributed by atoms with Gasteiger partial charge in [0.1, 0.15) is 0 Å². The highest BCUT2D eigenvalue weighted by Gasteiger charge is 2.00. The fourth-order valence-corrected chi connectivity index (χ4v) is 1.03. The monoisotopic (exact) mass is 183 g/mol. The Hall–Kier alpha value is -0.870. The standard InChI is InChI=1S/C9H17N3O/c1-3-12-6-9(5-11-12)4-10-8(2)7-13/h5-6,8,10,13H,3-4,7H2,1-2H3. The summed E-state index contributed by atoms with van der Waals surface area (Å²) in [5, 5.41) is 16.1. The molecule has 0 aliphatic rings. The molecule has 0 radical (unpaired) electrons. The predicted molar refractivity (Wildman–Crippen MR) is 51.3 cm³/mol. The minimum atomic E-state index is 0.143. The number of aromatic nitrogens is 2. The van der Waals surface area contributed by atoms with E-state index in [1.165, 1.54) is 0 Å². The van der Waals surface area contributed by atoms with Crippen LogP contribution in [0, 0.1) is 0 Å². The van der Waals surface area contributed by atoms with Crippen LogP contribution < -0.4 is 5.32 Å². The molecule has 0 bridgehead atoms. The van der Waals surface area contributed by atoms with Gasteiger partial charge in [-0.15, -0.1) is 0 Å². The van der Waals surface area contributed by atoms with E-state index >= 15 is 0 Å². The van der Waals surface area contributed by atoms with Gasteiger partial charge in [-0.05, 0) is 13.8 Å². The van der Waals surface area contributed by atoms with Crippen molar-refractivity contribution in [1.82, 2.24) is 15.1 Å². The van der Waals surface area contributed by atoms with Gasteiger partial charge in [-0.1, -0.05) is 0 Å². The van der Waals surface area contributed by atoms with Crippen LogP contribution in [0.15, 0.2) is 12.4 Å². The van der Waals surface area contributed by atoms with Crippen LogP contribution in [-0.2, 0) is 13.1 Å².